The van der Waals surface area contributed by atoms with E-state index in [1.54, 1.807) is 0 Å². The van der Waals surface area contributed by atoms with Crippen LogP contribution in [0.1, 0.15) is 68.9 Å². The lowest BCUT2D eigenvalue weighted by atomic mass is 9.74. The van der Waals surface area contributed by atoms with Gasteiger partial charge in [-0.3, -0.25) is 4.79 Å². The van der Waals surface area contributed by atoms with Crippen molar-refractivity contribution in [2.45, 2.75) is 65.4 Å². The molecule has 7 nitrogen and oxygen atoms in total. The molecule has 0 radical (unpaired) electrons. The molecule has 0 saturated carbocycles. The Kier molecular flexibility index (Phi) is 7.47. The van der Waals surface area contributed by atoms with Crippen molar-refractivity contribution < 1.29 is 27.8 Å². The fourth-order valence-electron chi connectivity index (χ4n) is 4.56. The number of phenolic OH excluding ortho intramolecular Hbond substituents is 2. The Hall–Kier alpha value is -2.36. The second kappa shape index (κ2) is 9.59. The van der Waals surface area contributed by atoms with Gasteiger partial charge in [-0.2, -0.15) is 0 Å². The van der Waals surface area contributed by atoms with Gasteiger partial charge in [-0.25, -0.2) is 17.5 Å². The first-order valence-electron chi connectivity index (χ1n) is 11.4. The molecule has 0 saturated heterocycles. The Balaban J connectivity index is 1.90. The van der Waals surface area contributed by atoms with Crippen molar-refractivity contribution in [1.29, 1.82) is 0 Å². The summed E-state index contributed by atoms with van der Waals surface area (Å²) in [6.07, 6.45) is 1.73. The fourth-order valence-corrected chi connectivity index (χ4v) is 6.26. The number of sulfonamides is 1. The molecule has 3 N–H and O–H groups in total. The lowest BCUT2D eigenvalue weighted by Gasteiger charge is -2.34. The number of nitrogens with zero attached hydrogens (tertiary/aromatic N) is 1. The topological polar surface area (TPSA) is 107 Å². The smallest absolute Gasteiger partial charge is 0.258 e. The monoisotopic (exact) mass is 526 g/mol. The highest BCUT2D eigenvalue weighted by molar-refractivity contribution is 7.89. The van der Waals surface area contributed by atoms with E-state index < -0.39 is 33.2 Å². The van der Waals surface area contributed by atoms with Crippen LogP contribution in [0, 0.1) is 16.6 Å². The number of phenols is 2. The van der Waals surface area contributed by atoms with E-state index in [1.165, 1.54) is 23.1 Å². The number of halogens is 2. The number of hydrogen-bond donors (Lipinski definition) is 3. The van der Waals surface area contributed by atoms with Crippen LogP contribution in [-0.2, 0) is 23.1 Å². The lowest BCUT2D eigenvalue weighted by Crippen LogP contribution is -2.37. The van der Waals surface area contributed by atoms with Crippen LogP contribution in [0.15, 0.2) is 29.2 Å². The van der Waals surface area contributed by atoms with Crippen LogP contribution in [0.2, 0.25) is 5.02 Å². The van der Waals surface area contributed by atoms with Gasteiger partial charge in [0.25, 0.3) is 5.91 Å². The number of carbonyl (C=O) groups excluding carboxylic acids is 1. The minimum atomic E-state index is -4.12. The highest BCUT2D eigenvalue weighted by atomic mass is 35.5. The Morgan fingerprint density at radius 1 is 1.14 bits per heavy atom. The summed E-state index contributed by atoms with van der Waals surface area (Å²) in [7, 11) is -4.12. The molecule has 0 fully saturated rings. The van der Waals surface area contributed by atoms with Gasteiger partial charge in [0, 0.05) is 31.3 Å². The molecule has 0 atom stereocenters. The minimum absolute atomic E-state index is 0.0137. The average molecular weight is 527 g/mol. The number of rotatable bonds is 9. The summed E-state index contributed by atoms with van der Waals surface area (Å²) in [5, 5.41) is 20.5. The molecule has 192 valence electrons. The van der Waals surface area contributed by atoms with Crippen LogP contribution in [-0.4, -0.2) is 36.0 Å². The molecule has 0 unspecified atom stereocenters. The van der Waals surface area contributed by atoms with Gasteiger partial charge in [0.2, 0.25) is 10.0 Å². The summed E-state index contributed by atoms with van der Waals surface area (Å²) in [5.41, 5.74) is 0.0495. The Bertz CT molecular complexity index is 1260. The summed E-state index contributed by atoms with van der Waals surface area (Å²) in [5.74, 6) is -2.61. The van der Waals surface area contributed by atoms with E-state index in [0.29, 0.717) is 5.56 Å². The first-order valence-corrected chi connectivity index (χ1v) is 13.2. The molecule has 0 aromatic heterocycles. The van der Waals surface area contributed by atoms with Crippen LogP contribution < -0.4 is 4.72 Å². The molecule has 1 amide bonds. The van der Waals surface area contributed by atoms with E-state index in [-0.39, 0.29) is 51.5 Å². The minimum Gasteiger partial charge on any atom is -0.504 e. The van der Waals surface area contributed by atoms with Crippen LogP contribution >= 0.6 is 11.6 Å². The number of benzene rings is 2. The maximum Gasteiger partial charge on any atom is 0.258 e. The van der Waals surface area contributed by atoms with E-state index in [1.807, 2.05) is 13.8 Å². The molecular formula is C25H32ClFN2O5S. The standard InChI is InChI=1S/C25H32ClFN2O5S/c1-6-24(2,3)13-25(4,5)14-28-35(33,34)20-10-19(30)22(31)21-16(20)12-29(23(21)32)11-15-7-8-18(27)17(26)9-15/h7-10,28,30-31H,6,11-14H2,1-5H3. The molecule has 3 rings (SSSR count). The third kappa shape index (κ3) is 5.90. The zero-order valence-electron chi connectivity index (χ0n) is 20.6. The van der Waals surface area contributed by atoms with Crippen molar-refractivity contribution in [2.24, 2.45) is 10.8 Å². The van der Waals surface area contributed by atoms with E-state index in [2.05, 4.69) is 25.5 Å². The second-order valence-corrected chi connectivity index (χ2v) is 12.8. The molecule has 1 aliphatic rings. The van der Waals surface area contributed by atoms with E-state index in [9.17, 15) is 27.8 Å². The van der Waals surface area contributed by atoms with Gasteiger partial charge in [-0.05, 0) is 34.9 Å². The predicted molar refractivity (Wildman–Crippen MR) is 132 cm³/mol. The molecule has 1 aliphatic heterocycles. The van der Waals surface area contributed by atoms with Gasteiger partial charge in [0.1, 0.15) is 5.82 Å². The number of hydrogen-bond acceptors (Lipinski definition) is 5. The molecular weight excluding hydrogens is 495 g/mol. The lowest BCUT2D eigenvalue weighted by molar-refractivity contribution is 0.0764. The third-order valence-electron chi connectivity index (χ3n) is 6.50. The summed E-state index contributed by atoms with van der Waals surface area (Å²) in [6.45, 7) is 10.4. The molecule has 10 heteroatoms. The van der Waals surface area contributed by atoms with E-state index in [0.717, 1.165) is 18.9 Å². The maximum absolute atomic E-state index is 13.5. The van der Waals surface area contributed by atoms with Crippen molar-refractivity contribution in [3.05, 3.63) is 51.8 Å². The average Bonchev–Trinajstić information content (AvgIpc) is 3.07. The quantitative estimate of drug-likeness (QED) is 0.390. The van der Waals surface area contributed by atoms with Gasteiger partial charge in [0.15, 0.2) is 11.5 Å². The fraction of sp³-hybridized carbons (Fsp3) is 0.480. The summed E-state index contributed by atoms with van der Waals surface area (Å²) in [4.78, 5) is 14.1. The number of carbonyl (C=O) groups is 1. The molecule has 0 aliphatic carbocycles. The normalized spacial score (nSPS) is 14.5. The largest absolute Gasteiger partial charge is 0.504 e. The van der Waals surface area contributed by atoms with Crippen LogP contribution in [0.5, 0.6) is 11.5 Å². The van der Waals surface area contributed by atoms with Crippen molar-refractivity contribution in [1.82, 2.24) is 9.62 Å². The summed E-state index contributed by atoms with van der Waals surface area (Å²) < 4.78 is 42.7. The highest BCUT2D eigenvalue weighted by Gasteiger charge is 2.38. The van der Waals surface area contributed by atoms with Gasteiger partial charge >= 0.3 is 0 Å². The van der Waals surface area contributed by atoms with Crippen LogP contribution in [0.4, 0.5) is 4.39 Å². The number of nitrogens with one attached hydrogen (secondary N) is 1. The van der Waals surface area contributed by atoms with E-state index in [4.69, 9.17) is 11.6 Å². The van der Waals surface area contributed by atoms with Gasteiger partial charge in [0.05, 0.1) is 15.5 Å². The Morgan fingerprint density at radius 2 is 1.80 bits per heavy atom. The predicted octanol–water partition coefficient (Wildman–Crippen LogP) is 5.18. The highest BCUT2D eigenvalue weighted by Crippen LogP contribution is 2.42. The van der Waals surface area contributed by atoms with Gasteiger partial charge < -0.3 is 15.1 Å². The third-order valence-corrected chi connectivity index (χ3v) is 8.26. The molecule has 35 heavy (non-hydrogen) atoms. The Labute approximate surface area is 211 Å². The Morgan fingerprint density at radius 3 is 2.40 bits per heavy atom. The van der Waals surface area contributed by atoms with Crippen molar-refractivity contribution in [3.8, 4) is 11.5 Å². The first-order chi connectivity index (χ1) is 16.1. The van der Waals surface area contributed by atoms with Crippen LogP contribution in [0.25, 0.3) is 0 Å². The van der Waals surface area contributed by atoms with Gasteiger partial charge in [-0.15, -0.1) is 0 Å². The maximum atomic E-state index is 13.5. The second-order valence-electron chi connectivity index (χ2n) is 10.7. The number of aromatic hydroxyl groups is 2. The van der Waals surface area contributed by atoms with E-state index >= 15 is 0 Å². The SMILES string of the molecule is CCC(C)(C)CC(C)(C)CNS(=O)(=O)c1cc(O)c(O)c2c1CN(Cc1ccc(F)c(Cl)c1)C2=O. The van der Waals surface area contributed by atoms with Crippen molar-refractivity contribution in [2.75, 3.05) is 6.54 Å². The van der Waals surface area contributed by atoms with Crippen LogP contribution in [0.3, 0.4) is 0 Å². The summed E-state index contributed by atoms with van der Waals surface area (Å²) in [6, 6.07) is 4.98. The van der Waals surface area contributed by atoms with Gasteiger partial charge in [-0.1, -0.05) is 58.7 Å². The number of fused-ring (bicyclic) bond motifs is 1. The molecule has 1 heterocycles. The first kappa shape index (κ1) is 27.2. The molecule has 2 aromatic carbocycles. The zero-order chi connectivity index (χ0) is 26.3. The summed E-state index contributed by atoms with van der Waals surface area (Å²) >= 11 is 5.84. The number of amides is 1. The molecule has 0 bridgehead atoms. The van der Waals surface area contributed by atoms with Crippen molar-refractivity contribution in [3.63, 3.8) is 0 Å². The van der Waals surface area contributed by atoms with Crippen molar-refractivity contribution >= 4 is 27.5 Å². The molecule has 0 spiro atoms. The molecule has 2 aromatic rings. The zero-order valence-corrected chi connectivity index (χ0v) is 22.1.